The molecule has 2 aromatic carbocycles. The van der Waals surface area contributed by atoms with Crippen LogP contribution < -0.4 is 15.4 Å². The number of amides is 3. The van der Waals surface area contributed by atoms with Crippen LogP contribution in [0.1, 0.15) is 21.5 Å². The smallest absolute Gasteiger partial charge is 0.326 e. The number of aliphatic hydroxyl groups is 1. The second-order valence-electron chi connectivity index (χ2n) is 6.03. The molecule has 1 heterocycles. The van der Waals surface area contributed by atoms with Crippen molar-refractivity contribution in [2.75, 3.05) is 5.32 Å². The molecular weight excluding hydrogens is 440 g/mol. The number of aryl methyl sites for hydroxylation is 1. The summed E-state index contributed by atoms with van der Waals surface area (Å²) in [5, 5.41) is 13.9. The first-order chi connectivity index (χ1) is 13.9. The summed E-state index contributed by atoms with van der Waals surface area (Å²) in [4.78, 5) is 32.3. The maximum atomic E-state index is 12.1. The third-order valence-electron chi connectivity index (χ3n) is 3.86. The number of rotatable bonds is 5. The number of benzene rings is 2. The molecule has 3 N–H and O–H groups in total. The Morgan fingerprint density at radius 3 is 2.41 bits per heavy atom. The summed E-state index contributed by atoms with van der Waals surface area (Å²) >= 11 is 3.26. The van der Waals surface area contributed by atoms with Gasteiger partial charge in [-0.2, -0.15) is 0 Å². The highest BCUT2D eigenvalue weighted by atomic mass is 79.9. The first-order valence-corrected chi connectivity index (χ1v) is 9.32. The van der Waals surface area contributed by atoms with E-state index in [0.717, 1.165) is 10.0 Å². The van der Waals surface area contributed by atoms with Crippen LogP contribution in [0.2, 0.25) is 0 Å². The predicted molar refractivity (Wildman–Crippen MR) is 110 cm³/mol. The number of carbonyl (C=O) groups is 2. The molecule has 148 valence electrons. The Kier molecular flexibility index (Phi) is 6.53. The summed E-state index contributed by atoms with van der Waals surface area (Å²) in [6.07, 6.45) is 3.15. The van der Waals surface area contributed by atoms with Crippen molar-refractivity contribution >= 4 is 33.6 Å². The number of hydrogen-bond acceptors (Lipinski definition) is 6. The van der Waals surface area contributed by atoms with Gasteiger partial charge in [0.15, 0.2) is 0 Å². The number of hydrogen-bond donors (Lipinski definition) is 3. The van der Waals surface area contributed by atoms with E-state index in [1.54, 1.807) is 42.7 Å². The van der Waals surface area contributed by atoms with Crippen molar-refractivity contribution in [3.63, 3.8) is 0 Å². The Balaban J connectivity index is 1.60. The van der Waals surface area contributed by atoms with E-state index in [1.807, 2.05) is 6.92 Å². The topological polar surface area (TPSA) is 113 Å². The molecule has 0 saturated carbocycles. The summed E-state index contributed by atoms with van der Waals surface area (Å²) in [6, 6.07) is 10.9. The third kappa shape index (κ3) is 5.59. The number of imide groups is 1. The molecular formula is C20H17BrN4O4. The summed E-state index contributed by atoms with van der Waals surface area (Å²) < 4.78 is 6.36. The quantitative estimate of drug-likeness (QED) is 0.537. The first-order valence-electron chi connectivity index (χ1n) is 8.53. The predicted octanol–water partition coefficient (Wildman–Crippen LogP) is 3.79. The number of urea groups is 1. The lowest BCUT2D eigenvalue weighted by Crippen LogP contribution is -2.34. The van der Waals surface area contributed by atoms with Crippen LogP contribution in [0.3, 0.4) is 0 Å². The summed E-state index contributed by atoms with van der Waals surface area (Å²) in [6.45, 7) is 1.69. The largest absolute Gasteiger partial charge is 0.424 e. The molecule has 0 spiro atoms. The minimum absolute atomic E-state index is 0.116. The van der Waals surface area contributed by atoms with Gasteiger partial charge in [0.2, 0.25) is 0 Å². The molecule has 0 bridgehead atoms. The standard InChI is InChI=1S/C20H17BrN4O4/c1-12-8-16(6-7-17(12)29-20-22-9-15(21)10-23-20)24-19(28)25-18(27)14-4-2-13(11-26)3-5-14/h2-10,26H,11H2,1H3,(H2,24,25,27,28). The molecule has 29 heavy (non-hydrogen) atoms. The molecule has 0 aliphatic rings. The van der Waals surface area contributed by atoms with Crippen LogP contribution in [0.4, 0.5) is 10.5 Å². The number of nitrogens with zero attached hydrogens (tertiary/aromatic N) is 2. The zero-order chi connectivity index (χ0) is 20.8. The van der Waals surface area contributed by atoms with Gasteiger partial charge in [-0.25, -0.2) is 14.8 Å². The highest BCUT2D eigenvalue weighted by molar-refractivity contribution is 9.10. The zero-order valence-electron chi connectivity index (χ0n) is 15.3. The highest BCUT2D eigenvalue weighted by Gasteiger charge is 2.12. The van der Waals surface area contributed by atoms with E-state index in [9.17, 15) is 9.59 Å². The van der Waals surface area contributed by atoms with Gasteiger partial charge in [0.25, 0.3) is 5.91 Å². The maximum absolute atomic E-state index is 12.1. The van der Waals surface area contributed by atoms with Crippen LogP contribution in [0.5, 0.6) is 11.8 Å². The van der Waals surface area contributed by atoms with Gasteiger partial charge in [-0.3, -0.25) is 10.1 Å². The van der Waals surface area contributed by atoms with Crippen molar-refractivity contribution in [1.29, 1.82) is 0 Å². The van der Waals surface area contributed by atoms with Gasteiger partial charge in [-0.15, -0.1) is 0 Å². The number of halogens is 1. The van der Waals surface area contributed by atoms with Gasteiger partial charge in [0.05, 0.1) is 11.1 Å². The number of ether oxygens (including phenoxy) is 1. The van der Waals surface area contributed by atoms with Crippen molar-refractivity contribution < 1.29 is 19.4 Å². The Bertz CT molecular complexity index is 1020. The fourth-order valence-corrected chi connectivity index (χ4v) is 2.60. The lowest BCUT2D eigenvalue weighted by atomic mass is 10.1. The lowest BCUT2D eigenvalue weighted by molar-refractivity contribution is 0.0967. The van der Waals surface area contributed by atoms with Crippen LogP contribution in [0.25, 0.3) is 0 Å². The molecule has 0 saturated heterocycles. The molecule has 0 aliphatic carbocycles. The van der Waals surface area contributed by atoms with E-state index in [0.29, 0.717) is 22.6 Å². The lowest BCUT2D eigenvalue weighted by Gasteiger charge is -2.11. The summed E-state index contributed by atoms with van der Waals surface area (Å²) in [7, 11) is 0. The van der Waals surface area contributed by atoms with Crippen LogP contribution in [-0.4, -0.2) is 27.0 Å². The number of nitrogens with one attached hydrogen (secondary N) is 2. The summed E-state index contributed by atoms with van der Waals surface area (Å²) in [5.74, 6) is -0.00520. The third-order valence-corrected chi connectivity index (χ3v) is 4.27. The van der Waals surface area contributed by atoms with Crippen LogP contribution in [0.15, 0.2) is 59.3 Å². The summed E-state index contributed by atoms with van der Waals surface area (Å²) in [5.41, 5.74) is 2.23. The van der Waals surface area contributed by atoms with Crippen molar-refractivity contribution in [1.82, 2.24) is 15.3 Å². The average Bonchev–Trinajstić information content (AvgIpc) is 2.71. The Morgan fingerprint density at radius 1 is 1.10 bits per heavy atom. The highest BCUT2D eigenvalue weighted by Crippen LogP contribution is 2.25. The number of aromatic nitrogens is 2. The van der Waals surface area contributed by atoms with Gasteiger partial charge in [-0.1, -0.05) is 12.1 Å². The molecule has 3 amide bonds. The van der Waals surface area contributed by atoms with Crippen molar-refractivity contribution in [2.24, 2.45) is 0 Å². The zero-order valence-corrected chi connectivity index (χ0v) is 16.9. The molecule has 0 aliphatic heterocycles. The van der Waals surface area contributed by atoms with E-state index < -0.39 is 11.9 Å². The number of anilines is 1. The van der Waals surface area contributed by atoms with Crippen LogP contribution >= 0.6 is 15.9 Å². The molecule has 8 nitrogen and oxygen atoms in total. The molecule has 9 heteroatoms. The second-order valence-corrected chi connectivity index (χ2v) is 6.95. The monoisotopic (exact) mass is 456 g/mol. The first kappa shape index (κ1) is 20.4. The van der Waals surface area contributed by atoms with E-state index in [4.69, 9.17) is 9.84 Å². The maximum Gasteiger partial charge on any atom is 0.326 e. The Hall–Kier alpha value is -3.30. The SMILES string of the molecule is Cc1cc(NC(=O)NC(=O)c2ccc(CO)cc2)ccc1Oc1ncc(Br)cn1. The van der Waals surface area contributed by atoms with Gasteiger partial charge in [0, 0.05) is 23.6 Å². The van der Waals surface area contributed by atoms with Crippen molar-refractivity contribution in [3.05, 3.63) is 76.0 Å². The molecule has 0 unspecified atom stereocenters. The molecule has 3 aromatic rings. The fraction of sp³-hybridized carbons (Fsp3) is 0.100. The normalized spacial score (nSPS) is 10.3. The van der Waals surface area contributed by atoms with Crippen LogP contribution in [-0.2, 0) is 6.61 Å². The van der Waals surface area contributed by atoms with Gasteiger partial charge < -0.3 is 15.2 Å². The minimum atomic E-state index is -0.662. The Labute approximate surface area is 175 Å². The van der Waals surface area contributed by atoms with E-state index in [1.165, 1.54) is 12.1 Å². The molecule has 0 atom stereocenters. The van der Waals surface area contributed by atoms with Gasteiger partial charge in [-0.05, 0) is 64.3 Å². The van der Waals surface area contributed by atoms with Gasteiger partial charge >= 0.3 is 12.0 Å². The molecule has 1 aromatic heterocycles. The Morgan fingerprint density at radius 2 is 1.79 bits per heavy atom. The number of carbonyl (C=O) groups excluding carboxylic acids is 2. The van der Waals surface area contributed by atoms with E-state index in [2.05, 4.69) is 36.5 Å². The van der Waals surface area contributed by atoms with Crippen molar-refractivity contribution in [2.45, 2.75) is 13.5 Å². The molecule has 3 rings (SSSR count). The van der Waals surface area contributed by atoms with Gasteiger partial charge in [0.1, 0.15) is 5.75 Å². The minimum Gasteiger partial charge on any atom is -0.424 e. The van der Waals surface area contributed by atoms with Crippen molar-refractivity contribution in [3.8, 4) is 11.8 Å². The second kappa shape index (κ2) is 9.26. The fourth-order valence-electron chi connectivity index (χ4n) is 2.39. The van der Waals surface area contributed by atoms with Crippen LogP contribution in [0, 0.1) is 6.92 Å². The average molecular weight is 457 g/mol. The van der Waals surface area contributed by atoms with E-state index in [-0.39, 0.29) is 12.6 Å². The van der Waals surface area contributed by atoms with E-state index >= 15 is 0 Å². The number of aliphatic hydroxyl groups excluding tert-OH is 1. The molecule has 0 radical (unpaired) electrons. The molecule has 0 fully saturated rings.